The van der Waals surface area contributed by atoms with Gasteiger partial charge in [-0.3, -0.25) is 14.2 Å². The lowest BCUT2D eigenvalue weighted by atomic mass is 9.80. The van der Waals surface area contributed by atoms with E-state index in [1.165, 1.54) is 12.1 Å². The van der Waals surface area contributed by atoms with Crippen molar-refractivity contribution in [3.05, 3.63) is 53.5 Å². The molecule has 6 nitrogen and oxygen atoms in total. The number of nitrogens with zero attached hydrogens (tertiary/aromatic N) is 1. The lowest BCUT2D eigenvalue weighted by Gasteiger charge is -2.31. The molecule has 0 bridgehead atoms. The number of aromatic nitrogens is 1. The molecule has 1 fully saturated rings. The second-order valence-corrected chi connectivity index (χ2v) is 9.23. The Morgan fingerprint density at radius 3 is 2.65 bits per heavy atom. The number of carbonyl (C=O) groups is 2. The number of fused-ring (bicyclic) bond motifs is 3. The van der Waals surface area contributed by atoms with Gasteiger partial charge in [-0.2, -0.15) is 0 Å². The van der Waals surface area contributed by atoms with E-state index in [4.69, 9.17) is 10.5 Å². The Morgan fingerprint density at radius 2 is 1.97 bits per heavy atom. The topological polar surface area (TPSA) is 86.4 Å². The number of hydrogen-bond donors (Lipinski definition) is 2. The van der Waals surface area contributed by atoms with Gasteiger partial charge in [0.05, 0.1) is 30.3 Å². The van der Waals surface area contributed by atoms with Crippen molar-refractivity contribution in [1.82, 2.24) is 4.57 Å². The van der Waals surface area contributed by atoms with Gasteiger partial charge in [0.2, 0.25) is 5.91 Å². The number of amides is 1. The van der Waals surface area contributed by atoms with E-state index in [1.54, 1.807) is 16.7 Å². The molecule has 0 spiro atoms. The van der Waals surface area contributed by atoms with Crippen LogP contribution in [0, 0.1) is 11.2 Å². The van der Waals surface area contributed by atoms with Crippen molar-refractivity contribution in [2.24, 2.45) is 11.1 Å². The van der Waals surface area contributed by atoms with E-state index < -0.39 is 5.91 Å². The van der Waals surface area contributed by atoms with Gasteiger partial charge in [0.25, 0.3) is 5.91 Å². The Balaban J connectivity index is 1.74. The maximum Gasteiger partial charge on any atom is 0.250 e. The van der Waals surface area contributed by atoms with Gasteiger partial charge in [0.1, 0.15) is 5.82 Å². The number of halogens is 1. The Kier molecular flexibility index (Phi) is 4.41. The number of benzene rings is 2. The fourth-order valence-corrected chi connectivity index (χ4v) is 4.67. The van der Waals surface area contributed by atoms with Gasteiger partial charge < -0.3 is 15.8 Å². The van der Waals surface area contributed by atoms with E-state index in [0.29, 0.717) is 42.8 Å². The zero-order valence-electron chi connectivity index (χ0n) is 17.5. The number of hydrogen-bond acceptors (Lipinski definition) is 4. The van der Waals surface area contributed by atoms with Crippen molar-refractivity contribution in [3.63, 3.8) is 0 Å². The minimum atomic E-state index is -0.517. The van der Waals surface area contributed by atoms with Crippen molar-refractivity contribution >= 4 is 28.4 Å². The molecule has 2 aromatic carbocycles. The van der Waals surface area contributed by atoms with Gasteiger partial charge in [-0.1, -0.05) is 19.9 Å². The van der Waals surface area contributed by atoms with Crippen LogP contribution in [0.5, 0.6) is 0 Å². The van der Waals surface area contributed by atoms with Crippen LogP contribution in [-0.4, -0.2) is 35.6 Å². The van der Waals surface area contributed by atoms with Crippen LogP contribution >= 0.6 is 0 Å². The largest absolute Gasteiger partial charge is 0.377 e. The monoisotopic (exact) mass is 421 g/mol. The van der Waals surface area contributed by atoms with E-state index in [-0.39, 0.29) is 23.2 Å². The van der Waals surface area contributed by atoms with Crippen molar-refractivity contribution in [2.75, 3.05) is 18.5 Å². The summed E-state index contributed by atoms with van der Waals surface area (Å²) < 4.78 is 21.0. The molecule has 1 saturated heterocycles. The highest BCUT2D eigenvalue weighted by molar-refractivity contribution is 6.06. The summed E-state index contributed by atoms with van der Waals surface area (Å²) in [7, 11) is 0. The highest BCUT2D eigenvalue weighted by Gasteiger charge is 2.35. The number of carbonyl (C=O) groups excluding carboxylic acids is 2. The molecular formula is C24H24FN3O3. The molecule has 1 aromatic heterocycles. The van der Waals surface area contributed by atoms with Gasteiger partial charge in [0.15, 0.2) is 0 Å². The molecular weight excluding hydrogens is 397 g/mol. The summed E-state index contributed by atoms with van der Waals surface area (Å²) in [5.41, 5.74) is 9.60. The summed E-state index contributed by atoms with van der Waals surface area (Å²) >= 11 is 0. The molecule has 31 heavy (non-hydrogen) atoms. The van der Waals surface area contributed by atoms with Crippen LogP contribution in [0.2, 0.25) is 0 Å². The van der Waals surface area contributed by atoms with Crippen LogP contribution in [-0.2, 0) is 11.2 Å². The van der Waals surface area contributed by atoms with E-state index in [2.05, 4.69) is 19.2 Å². The van der Waals surface area contributed by atoms with Crippen molar-refractivity contribution in [3.8, 4) is 11.1 Å². The maximum absolute atomic E-state index is 14.1. The Bertz CT molecular complexity index is 1240. The Morgan fingerprint density at radius 1 is 1.19 bits per heavy atom. The van der Waals surface area contributed by atoms with Crippen LogP contribution in [0.15, 0.2) is 36.4 Å². The summed E-state index contributed by atoms with van der Waals surface area (Å²) in [4.78, 5) is 25.0. The number of nitrogens with two attached hydrogens (primary N) is 1. The number of anilines is 1. The van der Waals surface area contributed by atoms with Crippen molar-refractivity contribution in [2.45, 2.75) is 32.7 Å². The lowest BCUT2D eigenvalue weighted by Crippen LogP contribution is -2.40. The normalized spacial score (nSPS) is 18.0. The van der Waals surface area contributed by atoms with Gasteiger partial charge in [-0.05, 0) is 47.7 Å². The van der Waals surface area contributed by atoms with Gasteiger partial charge in [-0.25, -0.2) is 4.39 Å². The number of nitrogens with one attached hydrogen (secondary N) is 1. The molecule has 3 heterocycles. The van der Waals surface area contributed by atoms with Gasteiger partial charge in [-0.15, -0.1) is 0 Å². The minimum absolute atomic E-state index is 0.0354. The third-order valence-electron chi connectivity index (χ3n) is 6.13. The molecule has 160 valence electrons. The summed E-state index contributed by atoms with van der Waals surface area (Å²) in [5.74, 6) is -0.934. The summed E-state index contributed by atoms with van der Waals surface area (Å²) in [6.45, 7) is 5.26. The molecule has 3 N–H and O–H groups in total. The highest BCUT2D eigenvalue weighted by Crippen LogP contribution is 2.43. The first kappa shape index (κ1) is 19.8. The average Bonchev–Trinajstić information content (AvgIpc) is 2.96. The molecule has 0 radical (unpaired) electrons. The summed E-state index contributed by atoms with van der Waals surface area (Å²) in [6, 6.07) is 10.1. The number of primary amides is 1. The molecule has 1 amide bonds. The fraction of sp³-hybridized carbons (Fsp3) is 0.333. The zero-order valence-corrected chi connectivity index (χ0v) is 17.5. The maximum atomic E-state index is 14.1. The number of ether oxygens (including phenoxy) is 1. The van der Waals surface area contributed by atoms with Crippen molar-refractivity contribution in [1.29, 1.82) is 0 Å². The molecule has 0 atom stereocenters. The van der Waals surface area contributed by atoms with Gasteiger partial charge >= 0.3 is 0 Å². The predicted molar refractivity (Wildman–Crippen MR) is 117 cm³/mol. The molecule has 0 unspecified atom stereocenters. The average molecular weight is 421 g/mol. The number of rotatable bonds is 4. The van der Waals surface area contributed by atoms with Crippen molar-refractivity contribution < 1.29 is 18.7 Å². The highest BCUT2D eigenvalue weighted by atomic mass is 19.1. The molecule has 5 rings (SSSR count). The van der Waals surface area contributed by atoms with Gasteiger partial charge in [0, 0.05) is 28.8 Å². The summed E-state index contributed by atoms with van der Waals surface area (Å²) in [6.07, 6.45) is 1.08. The van der Waals surface area contributed by atoms with Crippen LogP contribution in [0.25, 0.3) is 22.0 Å². The second kappa shape index (κ2) is 6.92. The van der Waals surface area contributed by atoms with Crippen LogP contribution in [0.3, 0.4) is 0 Å². The molecule has 7 heteroatoms. The van der Waals surface area contributed by atoms with Crippen LogP contribution < -0.4 is 11.1 Å². The van der Waals surface area contributed by atoms with E-state index in [1.807, 2.05) is 12.1 Å². The first-order chi connectivity index (χ1) is 14.7. The van der Waals surface area contributed by atoms with Crippen LogP contribution in [0.4, 0.5) is 10.1 Å². The molecule has 2 aliphatic rings. The lowest BCUT2D eigenvalue weighted by molar-refractivity contribution is 0.0211. The molecule has 2 aliphatic heterocycles. The third kappa shape index (κ3) is 3.29. The van der Waals surface area contributed by atoms with Crippen LogP contribution in [0.1, 0.15) is 41.1 Å². The quantitative estimate of drug-likeness (QED) is 0.667. The molecule has 0 saturated carbocycles. The standard InChI is InChI=1S/C24H24FN3O3/c1-24(2)9-20-22(17-6-4-14(25)8-19(17)28(20)21(29)10-24)13-3-5-16(23(26)30)18(7-13)27-15-11-31-12-15/h3-8,15,27H,9-12H2,1-2H3,(H2,26,30). The van der Waals surface area contributed by atoms with E-state index in [9.17, 15) is 14.0 Å². The molecule has 0 aliphatic carbocycles. The third-order valence-corrected chi connectivity index (χ3v) is 6.13. The SMILES string of the molecule is CC1(C)CC(=O)n2c(c(-c3ccc(C(N)=O)c(NC4COC4)c3)c3ccc(F)cc32)C1. The van der Waals surface area contributed by atoms with E-state index in [0.717, 1.165) is 22.2 Å². The Labute approximate surface area is 179 Å². The zero-order chi connectivity index (χ0) is 21.9. The fourth-order valence-electron chi connectivity index (χ4n) is 4.67. The Hall–Kier alpha value is -3.19. The first-order valence-corrected chi connectivity index (χ1v) is 10.4. The molecule has 3 aromatic rings. The smallest absolute Gasteiger partial charge is 0.250 e. The predicted octanol–water partition coefficient (Wildman–Crippen LogP) is 3.97. The summed E-state index contributed by atoms with van der Waals surface area (Å²) in [5, 5.41) is 4.15. The minimum Gasteiger partial charge on any atom is -0.377 e. The first-order valence-electron chi connectivity index (χ1n) is 10.4. The van der Waals surface area contributed by atoms with E-state index >= 15 is 0 Å². The second-order valence-electron chi connectivity index (χ2n) is 9.23.